The van der Waals surface area contributed by atoms with Crippen molar-refractivity contribution in [3.63, 3.8) is 0 Å². The Kier molecular flexibility index (Phi) is 5.20. The van der Waals surface area contributed by atoms with Crippen LogP contribution in [0, 0.1) is 0 Å². The number of likely N-dealkylation sites (tertiary alicyclic amines) is 1. The Labute approximate surface area is 183 Å². The Balaban J connectivity index is 1.35. The summed E-state index contributed by atoms with van der Waals surface area (Å²) >= 11 is 0. The second-order valence-electron chi connectivity index (χ2n) is 8.89. The zero-order valence-corrected chi connectivity index (χ0v) is 18.3. The molecule has 1 atom stereocenters. The Bertz CT molecular complexity index is 1090. The van der Waals surface area contributed by atoms with Crippen LogP contribution >= 0.6 is 0 Å². The molecule has 3 aromatic rings. The van der Waals surface area contributed by atoms with Gasteiger partial charge in [-0.05, 0) is 48.7 Å². The van der Waals surface area contributed by atoms with Gasteiger partial charge in [0.2, 0.25) is 0 Å². The minimum Gasteiger partial charge on any atom is -0.492 e. The third-order valence-corrected chi connectivity index (χ3v) is 6.64. The number of carbonyl (C=O) groups excluding carboxylic acids is 1. The lowest BCUT2D eigenvalue weighted by Gasteiger charge is -2.35. The van der Waals surface area contributed by atoms with E-state index in [-0.39, 0.29) is 11.4 Å². The van der Waals surface area contributed by atoms with Gasteiger partial charge in [0.25, 0.3) is 5.91 Å². The molecule has 31 heavy (non-hydrogen) atoms. The van der Waals surface area contributed by atoms with Gasteiger partial charge in [0.15, 0.2) is 0 Å². The first-order valence-electron chi connectivity index (χ1n) is 11.1. The third kappa shape index (κ3) is 3.70. The Morgan fingerprint density at radius 2 is 2.03 bits per heavy atom. The summed E-state index contributed by atoms with van der Waals surface area (Å²) in [6.07, 6.45) is 2.05. The highest BCUT2D eigenvalue weighted by Crippen LogP contribution is 2.39. The number of aromatic nitrogens is 1. The molecule has 1 fully saturated rings. The van der Waals surface area contributed by atoms with Crippen molar-refractivity contribution < 1.29 is 9.53 Å². The number of nitrogens with zero attached hydrogens (tertiary/aromatic N) is 2. The van der Waals surface area contributed by atoms with E-state index in [1.54, 1.807) is 19.0 Å². The summed E-state index contributed by atoms with van der Waals surface area (Å²) in [6.45, 7) is 4.57. The predicted octanol–water partition coefficient (Wildman–Crippen LogP) is 3.00. The number of para-hydroxylation sites is 1. The highest BCUT2D eigenvalue weighted by molar-refractivity contribution is 5.99. The molecule has 5 rings (SSSR count). The van der Waals surface area contributed by atoms with Gasteiger partial charge in [-0.1, -0.05) is 18.2 Å². The molecule has 2 N–H and O–H groups in total. The van der Waals surface area contributed by atoms with Crippen molar-refractivity contribution >= 4 is 16.8 Å². The van der Waals surface area contributed by atoms with Crippen LogP contribution in [0.5, 0.6) is 5.75 Å². The topological polar surface area (TPSA) is 60.6 Å². The van der Waals surface area contributed by atoms with E-state index in [4.69, 9.17) is 4.74 Å². The molecule has 1 saturated heterocycles. The lowest BCUT2D eigenvalue weighted by molar-refractivity contribution is 0.0828. The first kappa shape index (κ1) is 20.1. The summed E-state index contributed by atoms with van der Waals surface area (Å²) in [6, 6.07) is 16.0. The van der Waals surface area contributed by atoms with Gasteiger partial charge < -0.3 is 19.9 Å². The van der Waals surface area contributed by atoms with Crippen LogP contribution in [0.4, 0.5) is 0 Å². The van der Waals surface area contributed by atoms with Crippen LogP contribution in [0.25, 0.3) is 10.9 Å². The first-order chi connectivity index (χ1) is 15.1. The smallest absolute Gasteiger partial charge is 0.253 e. The molecule has 3 heterocycles. The number of nitrogens with one attached hydrogen (secondary N) is 2. The monoisotopic (exact) mass is 418 g/mol. The molecule has 2 aliphatic rings. The van der Waals surface area contributed by atoms with Crippen LogP contribution in [-0.2, 0) is 12.0 Å². The lowest BCUT2D eigenvalue weighted by Crippen LogP contribution is -2.49. The van der Waals surface area contributed by atoms with E-state index in [1.807, 2.05) is 36.4 Å². The summed E-state index contributed by atoms with van der Waals surface area (Å²) in [5.74, 6) is 0.971. The zero-order valence-electron chi connectivity index (χ0n) is 18.3. The highest BCUT2D eigenvalue weighted by atomic mass is 16.5. The fourth-order valence-electron chi connectivity index (χ4n) is 5.06. The van der Waals surface area contributed by atoms with Crippen LogP contribution in [-0.4, -0.2) is 67.6 Å². The van der Waals surface area contributed by atoms with Crippen LogP contribution in [0.15, 0.2) is 48.5 Å². The van der Waals surface area contributed by atoms with Gasteiger partial charge in [-0.25, -0.2) is 0 Å². The second-order valence-corrected chi connectivity index (χ2v) is 8.89. The molecule has 0 bridgehead atoms. The number of carbonyl (C=O) groups is 1. The van der Waals surface area contributed by atoms with Crippen molar-refractivity contribution in [2.75, 3.05) is 46.9 Å². The summed E-state index contributed by atoms with van der Waals surface area (Å²) < 4.78 is 5.91. The molecule has 2 aromatic carbocycles. The van der Waals surface area contributed by atoms with Crippen molar-refractivity contribution in [2.24, 2.45) is 0 Å². The normalized spacial score (nSPS) is 20.8. The number of rotatable bonds is 5. The molecule has 2 aliphatic heterocycles. The molecule has 1 aromatic heterocycles. The summed E-state index contributed by atoms with van der Waals surface area (Å²) in [5.41, 5.74) is 4.48. The fourth-order valence-corrected chi connectivity index (χ4v) is 5.06. The van der Waals surface area contributed by atoms with Crippen molar-refractivity contribution in [1.29, 1.82) is 0 Å². The largest absolute Gasteiger partial charge is 0.492 e. The molecule has 1 amide bonds. The number of aromatic amines is 1. The molecular formula is C25H30N4O2. The van der Waals surface area contributed by atoms with Gasteiger partial charge in [0.1, 0.15) is 12.4 Å². The number of hydrogen-bond donors (Lipinski definition) is 2. The maximum atomic E-state index is 12.5. The first-order valence-corrected chi connectivity index (χ1v) is 11.1. The molecule has 0 saturated carbocycles. The predicted molar refractivity (Wildman–Crippen MR) is 123 cm³/mol. The van der Waals surface area contributed by atoms with E-state index in [2.05, 4.69) is 27.3 Å². The Hall–Kier alpha value is -2.83. The lowest BCUT2D eigenvalue weighted by atomic mass is 9.86. The van der Waals surface area contributed by atoms with Crippen LogP contribution < -0.4 is 10.1 Å². The van der Waals surface area contributed by atoms with E-state index in [1.165, 1.54) is 16.6 Å². The van der Waals surface area contributed by atoms with Gasteiger partial charge in [-0.3, -0.25) is 9.69 Å². The van der Waals surface area contributed by atoms with Crippen molar-refractivity contribution in [3.05, 3.63) is 65.4 Å². The van der Waals surface area contributed by atoms with Gasteiger partial charge >= 0.3 is 0 Å². The SMILES string of the molecule is CN(C)C(=O)c1ccc2[nH]c3c(c2c1)CCNC31CCN(CCOc2ccccc2)C1. The van der Waals surface area contributed by atoms with Crippen molar-refractivity contribution in [3.8, 4) is 5.75 Å². The minimum atomic E-state index is -0.0505. The van der Waals surface area contributed by atoms with Gasteiger partial charge in [0, 0.05) is 62.4 Å². The maximum Gasteiger partial charge on any atom is 0.253 e. The van der Waals surface area contributed by atoms with E-state index >= 15 is 0 Å². The van der Waals surface area contributed by atoms with Crippen LogP contribution in [0.1, 0.15) is 28.0 Å². The molecule has 0 aliphatic carbocycles. The highest BCUT2D eigenvalue weighted by Gasteiger charge is 2.44. The molecule has 1 spiro atoms. The van der Waals surface area contributed by atoms with Crippen molar-refractivity contribution in [1.82, 2.24) is 20.1 Å². The summed E-state index contributed by atoms with van der Waals surface area (Å²) in [5, 5.41) is 5.01. The second kappa shape index (κ2) is 8.02. The van der Waals surface area contributed by atoms with Crippen LogP contribution in [0.2, 0.25) is 0 Å². The number of amides is 1. The minimum absolute atomic E-state index is 0.0472. The van der Waals surface area contributed by atoms with E-state index < -0.39 is 0 Å². The fraction of sp³-hybridized carbons (Fsp3) is 0.400. The quantitative estimate of drug-likeness (QED) is 0.669. The van der Waals surface area contributed by atoms with Gasteiger partial charge in [-0.15, -0.1) is 0 Å². The number of ether oxygens (including phenoxy) is 1. The van der Waals surface area contributed by atoms with E-state index in [0.717, 1.165) is 55.9 Å². The van der Waals surface area contributed by atoms with Gasteiger partial charge in [0.05, 0.1) is 5.54 Å². The van der Waals surface area contributed by atoms with E-state index in [9.17, 15) is 4.79 Å². The summed E-state index contributed by atoms with van der Waals surface area (Å²) in [7, 11) is 3.60. The Morgan fingerprint density at radius 1 is 1.19 bits per heavy atom. The number of fused-ring (bicyclic) bond motifs is 4. The number of hydrogen-bond acceptors (Lipinski definition) is 4. The van der Waals surface area contributed by atoms with Crippen LogP contribution in [0.3, 0.4) is 0 Å². The molecule has 0 radical (unpaired) electrons. The molecule has 6 nitrogen and oxygen atoms in total. The molecule has 1 unspecified atom stereocenters. The average Bonchev–Trinajstić information content (AvgIpc) is 3.36. The molecular weight excluding hydrogens is 388 g/mol. The molecule has 6 heteroatoms. The standard InChI is InChI=1S/C25H30N4O2/c1-28(2)24(30)18-8-9-22-21(16-18)20-10-12-26-25(23(20)27-22)11-13-29(17-25)14-15-31-19-6-4-3-5-7-19/h3-9,16,26-27H,10-15,17H2,1-2H3. The number of H-pyrrole nitrogens is 1. The van der Waals surface area contributed by atoms with E-state index in [0.29, 0.717) is 6.61 Å². The third-order valence-electron chi connectivity index (χ3n) is 6.64. The number of benzene rings is 2. The Morgan fingerprint density at radius 3 is 2.84 bits per heavy atom. The van der Waals surface area contributed by atoms with Gasteiger partial charge in [-0.2, -0.15) is 0 Å². The average molecular weight is 419 g/mol. The van der Waals surface area contributed by atoms with Crippen molar-refractivity contribution in [2.45, 2.75) is 18.4 Å². The molecule has 162 valence electrons. The summed E-state index contributed by atoms with van der Waals surface area (Å²) in [4.78, 5) is 20.3. The zero-order chi connectivity index (χ0) is 21.4. The maximum absolute atomic E-state index is 12.5.